The second-order valence-electron chi connectivity index (χ2n) is 35.3. The zero-order chi connectivity index (χ0) is 99.9. The molecular formula is C106H125FN26O8. The minimum absolute atomic E-state index is 0.0383. The number of carbonyl (C=O) groups is 8. The van der Waals surface area contributed by atoms with Crippen molar-refractivity contribution in [1.29, 1.82) is 0 Å². The Kier molecular flexibility index (Phi) is 37.5. The Morgan fingerprint density at radius 3 is 1.11 bits per heavy atom. The van der Waals surface area contributed by atoms with Crippen LogP contribution in [0.3, 0.4) is 0 Å². The topological polar surface area (TPSA) is 332 Å². The van der Waals surface area contributed by atoms with Crippen molar-refractivity contribution < 1.29 is 42.7 Å². The molecule has 0 amide bonds. The van der Waals surface area contributed by atoms with Crippen LogP contribution in [0.4, 0.5) is 27.7 Å². The van der Waals surface area contributed by atoms with Gasteiger partial charge in [0.05, 0.1) is 23.5 Å². The first-order valence-corrected chi connectivity index (χ1v) is 47.3. The number of imidazole rings is 6. The van der Waals surface area contributed by atoms with Gasteiger partial charge in [0.1, 0.15) is 103 Å². The van der Waals surface area contributed by atoms with Gasteiger partial charge in [-0.3, -0.25) is 75.8 Å². The van der Waals surface area contributed by atoms with Gasteiger partial charge in [-0.1, -0.05) is 54.6 Å². The Labute approximate surface area is 820 Å². The highest BCUT2D eigenvalue weighted by Gasteiger charge is 2.36. The number of rotatable bonds is 16. The Morgan fingerprint density at radius 1 is 0.355 bits per heavy atom. The lowest BCUT2D eigenvalue weighted by molar-refractivity contribution is -0.122. The first-order chi connectivity index (χ1) is 68.3. The number of halogens is 1. The van der Waals surface area contributed by atoms with Crippen molar-refractivity contribution in [3.8, 4) is 0 Å². The SMILES string of the molecule is CC(=O)/C=C/c1nc2ccccn2c1N1CCN(C)CC1.CC(C)=O.CN1CCN(c2c(C=O)nc3ccccn23)CC1.CN1CCNCC1.Cc1cccnc1/C=C/C(=O)/C=C/c1nc2ccccn2c1N1CCN(C)CC1.Cc1cccnc1C1CC(=O)CC(c2nc3ccccn3c2N2CCN(C)CC2)N1.Cc1cccnc1C=O.O=Cc1cn2ccccc2n1.O=Cc1nc2ccccn2c1F. The molecule has 6 fully saturated rings. The van der Waals surface area contributed by atoms with Crippen LogP contribution < -0.4 is 30.2 Å². The van der Waals surface area contributed by atoms with Crippen molar-refractivity contribution in [2.75, 3.05) is 186 Å². The number of fused-ring (bicyclic) bond motifs is 6. The van der Waals surface area contributed by atoms with Crippen molar-refractivity contribution >= 4 is 124 Å². The monoisotopic (exact) mass is 1910 g/mol. The summed E-state index contributed by atoms with van der Waals surface area (Å²) in [5, 5.41) is 6.98. The lowest BCUT2D eigenvalue weighted by Crippen LogP contribution is -2.46. The van der Waals surface area contributed by atoms with Gasteiger partial charge in [-0.05, 0) is 221 Å². The second kappa shape index (κ2) is 51.1. The number of nitrogens with one attached hydrogen (secondary N) is 2. The van der Waals surface area contributed by atoms with E-state index < -0.39 is 5.95 Å². The second-order valence-corrected chi connectivity index (χ2v) is 35.3. The summed E-state index contributed by atoms with van der Waals surface area (Å²) in [4.78, 5) is 148. The van der Waals surface area contributed by atoms with Crippen LogP contribution in [-0.4, -0.2) is 310 Å². The lowest BCUT2D eigenvalue weighted by Gasteiger charge is -2.36. The molecule has 2 atom stereocenters. The van der Waals surface area contributed by atoms with Gasteiger partial charge in [-0.2, -0.15) is 4.39 Å². The number of carbonyl (C=O) groups excluding carboxylic acids is 8. The number of hydrogen-bond donors (Lipinski definition) is 2. The molecule has 0 bridgehead atoms. The maximum absolute atomic E-state index is 13.1. The summed E-state index contributed by atoms with van der Waals surface area (Å²) in [7, 11) is 10.7. The minimum atomic E-state index is -0.611. The fourth-order valence-electron chi connectivity index (χ4n) is 16.7. The van der Waals surface area contributed by atoms with E-state index >= 15 is 0 Å². The maximum atomic E-state index is 13.1. The smallest absolute Gasteiger partial charge is 0.228 e. The third-order valence-electron chi connectivity index (χ3n) is 24.4. The maximum Gasteiger partial charge on any atom is 0.228 e. The van der Waals surface area contributed by atoms with Crippen LogP contribution in [-0.2, 0) is 19.2 Å². The molecule has 15 aromatic rings. The number of piperidine rings is 1. The van der Waals surface area contributed by atoms with Gasteiger partial charge in [0.15, 0.2) is 42.4 Å². The zero-order valence-electron chi connectivity index (χ0n) is 82.0. The van der Waals surface area contributed by atoms with Crippen molar-refractivity contribution in [2.45, 2.75) is 66.5 Å². The van der Waals surface area contributed by atoms with Gasteiger partial charge in [0, 0.05) is 206 Å². The molecule has 0 aliphatic carbocycles. The summed E-state index contributed by atoms with van der Waals surface area (Å²) < 4.78 is 24.5. The molecule has 6 aliphatic heterocycles. The van der Waals surface area contributed by atoms with Crippen LogP contribution in [0.1, 0.15) is 133 Å². The Bertz CT molecular complexity index is 6800. The zero-order valence-corrected chi connectivity index (χ0v) is 82.0. The van der Waals surface area contributed by atoms with E-state index in [0.29, 0.717) is 41.9 Å². The van der Waals surface area contributed by atoms with Crippen LogP contribution in [0, 0.1) is 26.7 Å². The number of aromatic nitrogens is 15. The van der Waals surface area contributed by atoms with E-state index in [0.717, 1.165) is 233 Å². The quantitative estimate of drug-likeness (QED) is 0.0670. The first-order valence-electron chi connectivity index (χ1n) is 47.3. The predicted molar refractivity (Wildman–Crippen MR) is 551 cm³/mol. The van der Waals surface area contributed by atoms with Crippen molar-refractivity contribution in [1.82, 2.24) is 106 Å². The largest absolute Gasteiger partial charge is 0.354 e. The molecule has 21 rings (SSSR count). The molecule has 0 saturated carbocycles. The van der Waals surface area contributed by atoms with E-state index in [4.69, 9.17) is 9.97 Å². The molecule has 2 unspecified atom stereocenters. The predicted octanol–water partition coefficient (Wildman–Crippen LogP) is 11.9. The fraction of sp³-hybridized carbons (Fsp3) is 0.330. The number of likely N-dealkylation sites (N-methyl/N-ethyl adjacent to an activating group) is 5. The van der Waals surface area contributed by atoms with E-state index in [9.17, 15) is 42.7 Å². The number of piperazine rings is 5. The van der Waals surface area contributed by atoms with Crippen LogP contribution in [0.25, 0.3) is 52.1 Å². The summed E-state index contributed by atoms with van der Waals surface area (Å²) in [5.41, 5.74) is 13.6. The van der Waals surface area contributed by atoms with Gasteiger partial charge in [-0.15, -0.1) is 0 Å². The molecule has 0 radical (unpaired) electrons. The molecule has 35 heteroatoms. The van der Waals surface area contributed by atoms with E-state index in [1.807, 2.05) is 181 Å². The third-order valence-corrected chi connectivity index (χ3v) is 24.4. The molecule has 0 aromatic carbocycles. The number of aryl methyl sites for hydroxylation is 3. The van der Waals surface area contributed by atoms with Crippen LogP contribution in [0.5, 0.6) is 0 Å². The number of pyridine rings is 9. The Morgan fingerprint density at radius 2 is 0.709 bits per heavy atom. The summed E-state index contributed by atoms with van der Waals surface area (Å²) in [6.45, 7) is 31.0. The van der Waals surface area contributed by atoms with Gasteiger partial charge >= 0.3 is 0 Å². The van der Waals surface area contributed by atoms with E-state index in [1.54, 1.807) is 74.2 Å². The first kappa shape index (κ1) is 103. The van der Waals surface area contributed by atoms with Crippen molar-refractivity contribution in [3.05, 3.63) is 300 Å². The molecule has 2 N–H and O–H groups in total. The number of aldehydes is 4. The molecule has 141 heavy (non-hydrogen) atoms. The highest BCUT2D eigenvalue weighted by molar-refractivity contribution is 6.04. The molecule has 15 aromatic heterocycles. The average molecular weight is 1910 g/mol. The molecular weight excluding hydrogens is 1780 g/mol. The van der Waals surface area contributed by atoms with Gasteiger partial charge in [0.2, 0.25) is 5.95 Å². The molecule has 6 aliphatic rings. The van der Waals surface area contributed by atoms with Crippen LogP contribution in [0.2, 0.25) is 0 Å². The molecule has 34 nitrogen and oxygen atoms in total. The Hall–Kier alpha value is -15.0. The van der Waals surface area contributed by atoms with Crippen LogP contribution in [0.15, 0.2) is 226 Å². The summed E-state index contributed by atoms with van der Waals surface area (Å²) in [6.07, 6.45) is 32.1. The molecule has 21 heterocycles. The number of Topliss-reactive ketones (excluding diaryl/α,β-unsaturated/α-hetero) is 2. The van der Waals surface area contributed by atoms with Crippen molar-refractivity contribution in [2.24, 2.45) is 0 Å². The van der Waals surface area contributed by atoms with E-state index in [1.165, 1.54) is 37.5 Å². The van der Waals surface area contributed by atoms with Gasteiger partial charge < -0.3 is 58.6 Å². The standard InChI is InChI=1S/C23H28N6O.C23H25N5O.C16H20N4O.C13H16N4O.C8H5FN2O.C8H6N2O.C7H7NO.C5H12N2.C3H6O/c1-16-6-5-8-24-21(16)18-14-17(30)15-19(25-18)22-23(28-12-10-27(2)11-13-28)29-9-4-3-7-20(29)26-22;1-18-6-5-12-24-20(18)10-8-19(29)9-11-21-23(27-16-14-26(2)15-17-27)28-13-4-3-7-22(28)25-21;1-13(21)6-7-14-16(19-11-9-18(2)10-12-19)20-8-4-3-5-15(20)17-14;1-15-6-8-16(9-7-15)13-11(10-18)14-12-4-2-3-5-17(12)13;9-8-6(5-12)10-7-3-1-2-4-11(7)8;11-6-7-5-10-4-2-1-3-8(10)9-7;1-6-3-2-4-8-7(6)5-9;1-7-4-2-6-3-5-7;1-3(2)4/h3-9,18-19,25H,10-15H2,1-2H3;3-13H,14-17H2,1-2H3;3-8H,9-12H2,1-2H3;2-5,10H,6-9H2,1H3;1-5H;1-6H;2-5H,1H3;6H,2-5H2,1H3;1-2H3/b;10-8+,11-9+;7-6+;;;;;;. The number of anilines is 4. The van der Waals surface area contributed by atoms with Crippen molar-refractivity contribution in [3.63, 3.8) is 0 Å². The number of nitrogens with zero attached hydrogens (tertiary/aromatic N) is 24. The fourth-order valence-corrected chi connectivity index (χ4v) is 16.7. The van der Waals surface area contributed by atoms with E-state index in [2.05, 4.69) is 157 Å². The number of ketones is 4. The van der Waals surface area contributed by atoms with E-state index in [-0.39, 0.29) is 40.9 Å². The lowest BCUT2D eigenvalue weighted by atomic mass is 9.92. The normalized spacial score (nSPS) is 16.6. The van der Waals surface area contributed by atoms with Crippen LogP contribution >= 0.6 is 0 Å². The third kappa shape index (κ3) is 28.2. The summed E-state index contributed by atoms with van der Waals surface area (Å²) >= 11 is 0. The molecule has 6 saturated heterocycles. The summed E-state index contributed by atoms with van der Waals surface area (Å²) in [6, 6.07) is 45.9. The number of hydrogen-bond acceptors (Lipinski definition) is 28. The molecule has 0 spiro atoms. The van der Waals surface area contributed by atoms with Gasteiger partial charge in [-0.25, -0.2) is 29.9 Å². The minimum Gasteiger partial charge on any atom is -0.354 e. The Balaban J connectivity index is 0.000000140. The summed E-state index contributed by atoms with van der Waals surface area (Å²) in [5.74, 6) is 3.93. The highest BCUT2D eigenvalue weighted by atomic mass is 19.1. The average Bonchev–Trinajstić information content (AvgIpc) is 1.62. The highest BCUT2D eigenvalue weighted by Crippen LogP contribution is 2.37. The molecule has 734 valence electrons. The number of allylic oxidation sites excluding steroid dienone is 3. The van der Waals surface area contributed by atoms with Gasteiger partial charge in [0.25, 0.3) is 0 Å².